The maximum absolute atomic E-state index is 12.8. The smallest absolute Gasteiger partial charge is 0.462 e. The summed E-state index contributed by atoms with van der Waals surface area (Å²) in [5.41, 5.74) is 0. The van der Waals surface area contributed by atoms with Crippen LogP contribution in [-0.2, 0) is 32.7 Å². The molecule has 1 aliphatic carbocycles. The Morgan fingerprint density at radius 1 is 0.477 bits per heavy atom. The zero-order valence-corrected chi connectivity index (χ0v) is 40.1. The first-order chi connectivity index (χ1) is 31.4. The molecule has 0 heterocycles. The molecule has 0 radical (unpaired) electrons. The number of rotatable bonds is 38. The molecule has 370 valence electrons. The number of ether oxygens (including phenoxy) is 2. The van der Waals surface area contributed by atoms with E-state index in [1.807, 2.05) is 0 Å². The Labute approximate surface area is 390 Å². The minimum Gasteiger partial charge on any atom is -0.462 e. The van der Waals surface area contributed by atoms with Gasteiger partial charge in [-0.2, -0.15) is 0 Å². The number of esters is 2. The highest BCUT2D eigenvalue weighted by Crippen LogP contribution is 2.47. The number of phosphoric ester groups is 1. The molecular formula is C51H83O13P. The van der Waals surface area contributed by atoms with Crippen LogP contribution < -0.4 is 0 Å². The summed E-state index contributed by atoms with van der Waals surface area (Å²) in [4.78, 5) is 35.7. The number of hydrogen-bond acceptors (Lipinski definition) is 12. The van der Waals surface area contributed by atoms with Gasteiger partial charge in [-0.1, -0.05) is 143 Å². The lowest BCUT2D eigenvalue weighted by Crippen LogP contribution is -2.64. The van der Waals surface area contributed by atoms with Gasteiger partial charge in [0.25, 0.3) is 0 Å². The third-order valence-corrected chi connectivity index (χ3v) is 11.4. The lowest BCUT2D eigenvalue weighted by Gasteiger charge is -2.41. The van der Waals surface area contributed by atoms with E-state index in [1.165, 1.54) is 19.3 Å². The topological polar surface area (TPSA) is 210 Å². The van der Waals surface area contributed by atoms with Crippen LogP contribution in [0.1, 0.15) is 155 Å². The molecule has 0 spiro atoms. The largest absolute Gasteiger partial charge is 0.472 e. The molecule has 1 fully saturated rings. The highest BCUT2D eigenvalue weighted by atomic mass is 31.2. The third-order valence-electron chi connectivity index (χ3n) is 10.4. The van der Waals surface area contributed by atoms with Crippen LogP contribution in [-0.4, -0.2) is 98.3 Å². The zero-order valence-electron chi connectivity index (χ0n) is 39.2. The van der Waals surface area contributed by atoms with Gasteiger partial charge in [-0.25, -0.2) is 4.57 Å². The van der Waals surface area contributed by atoms with Gasteiger partial charge >= 0.3 is 19.8 Å². The first kappa shape index (κ1) is 59.8. The van der Waals surface area contributed by atoms with E-state index in [0.717, 1.165) is 96.3 Å². The average Bonchev–Trinajstić information content (AvgIpc) is 3.29. The second kappa shape index (κ2) is 39.9. The predicted octanol–water partition coefficient (Wildman–Crippen LogP) is 9.83. The van der Waals surface area contributed by atoms with Crippen molar-refractivity contribution in [3.63, 3.8) is 0 Å². The van der Waals surface area contributed by atoms with E-state index in [0.29, 0.717) is 12.8 Å². The average molecular weight is 935 g/mol. The van der Waals surface area contributed by atoms with Crippen molar-refractivity contribution in [1.29, 1.82) is 0 Å². The van der Waals surface area contributed by atoms with Gasteiger partial charge in [0.2, 0.25) is 0 Å². The zero-order chi connectivity index (χ0) is 47.8. The van der Waals surface area contributed by atoms with Gasteiger partial charge in [-0.3, -0.25) is 18.6 Å². The monoisotopic (exact) mass is 935 g/mol. The molecule has 14 heteroatoms. The number of hydrogen-bond donors (Lipinski definition) is 6. The third kappa shape index (κ3) is 32.2. The molecule has 6 N–H and O–H groups in total. The van der Waals surface area contributed by atoms with Crippen molar-refractivity contribution >= 4 is 19.8 Å². The highest BCUT2D eigenvalue weighted by molar-refractivity contribution is 7.47. The molecular weight excluding hydrogens is 852 g/mol. The van der Waals surface area contributed by atoms with E-state index < -0.39 is 75.7 Å². The number of aliphatic hydroxyl groups is 5. The van der Waals surface area contributed by atoms with Crippen molar-refractivity contribution in [3.8, 4) is 0 Å². The van der Waals surface area contributed by atoms with Gasteiger partial charge in [0, 0.05) is 12.8 Å². The first-order valence-electron chi connectivity index (χ1n) is 24.0. The van der Waals surface area contributed by atoms with Crippen molar-refractivity contribution in [1.82, 2.24) is 0 Å². The predicted molar refractivity (Wildman–Crippen MR) is 258 cm³/mol. The molecule has 0 saturated heterocycles. The molecule has 8 atom stereocenters. The summed E-state index contributed by atoms with van der Waals surface area (Å²) in [5, 5.41) is 50.2. The Morgan fingerprint density at radius 2 is 0.862 bits per heavy atom. The molecule has 0 aromatic carbocycles. The van der Waals surface area contributed by atoms with Crippen LogP contribution in [0.15, 0.2) is 97.2 Å². The molecule has 6 unspecified atom stereocenters. The Bertz CT molecular complexity index is 1500. The molecule has 1 aliphatic rings. The molecule has 13 nitrogen and oxygen atoms in total. The molecule has 0 aromatic rings. The lowest BCUT2D eigenvalue weighted by molar-refractivity contribution is -0.220. The molecule has 0 bridgehead atoms. The second-order valence-electron chi connectivity index (χ2n) is 16.3. The highest BCUT2D eigenvalue weighted by Gasteiger charge is 2.51. The second-order valence-corrected chi connectivity index (χ2v) is 17.7. The van der Waals surface area contributed by atoms with Crippen LogP contribution in [0.2, 0.25) is 0 Å². The van der Waals surface area contributed by atoms with Crippen LogP contribution in [0.3, 0.4) is 0 Å². The molecule has 0 aliphatic heterocycles. The van der Waals surface area contributed by atoms with Gasteiger partial charge < -0.3 is 39.9 Å². The first-order valence-corrected chi connectivity index (χ1v) is 25.5. The summed E-state index contributed by atoms with van der Waals surface area (Å²) in [5.74, 6) is -1.18. The van der Waals surface area contributed by atoms with Crippen LogP contribution in [0.5, 0.6) is 0 Å². The molecule has 1 rings (SSSR count). The number of unbranched alkanes of at least 4 members (excludes halogenated alkanes) is 10. The minimum atomic E-state index is -5.14. The van der Waals surface area contributed by atoms with Gasteiger partial charge in [0.05, 0.1) is 6.61 Å². The van der Waals surface area contributed by atoms with Gasteiger partial charge in [0.1, 0.15) is 43.2 Å². The van der Waals surface area contributed by atoms with Crippen molar-refractivity contribution in [2.75, 3.05) is 13.2 Å². The summed E-state index contributed by atoms with van der Waals surface area (Å²) in [6.07, 6.45) is 40.2. The van der Waals surface area contributed by atoms with Crippen LogP contribution in [0, 0.1) is 0 Å². The Morgan fingerprint density at radius 3 is 1.29 bits per heavy atom. The van der Waals surface area contributed by atoms with Crippen molar-refractivity contribution in [3.05, 3.63) is 97.2 Å². The van der Waals surface area contributed by atoms with Crippen LogP contribution >= 0.6 is 7.82 Å². The van der Waals surface area contributed by atoms with E-state index in [4.69, 9.17) is 18.5 Å². The summed E-state index contributed by atoms with van der Waals surface area (Å²) < 4.78 is 33.5. The fourth-order valence-electron chi connectivity index (χ4n) is 6.50. The van der Waals surface area contributed by atoms with E-state index >= 15 is 0 Å². The summed E-state index contributed by atoms with van der Waals surface area (Å²) in [6, 6.07) is 0. The summed E-state index contributed by atoms with van der Waals surface area (Å²) >= 11 is 0. The normalized spacial score (nSPS) is 22.3. The molecule has 65 heavy (non-hydrogen) atoms. The summed E-state index contributed by atoms with van der Waals surface area (Å²) in [7, 11) is -5.14. The van der Waals surface area contributed by atoms with Crippen LogP contribution in [0.4, 0.5) is 0 Å². The SMILES string of the molecule is CCC/C=C/C/C=C/C/C=C/C/C=C/CCCCCC(=O)O[C@@H](COC(=O)CCCCC/C=C/C/C=C/C/C=C/C/C=C/CCCCC)COP(=O)(O)OC1C(O)C(O)C(O)[C@H](O)C1O. The number of aliphatic hydroxyl groups excluding tert-OH is 5. The minimum absolute atomic E-state index is 0.0457. The summed E-state index contributed by atoms with van der Waals surface area (Å²) in [6.45, 7) is 3.14. The number of carbonyl (C=O) groups is 2. The maximum atomic E-state index is 12.8. The van der Waals surface area contributed by atoms with E-state index in [2.05, 4.69) is 111 Å². The van der Waals surface area contributed by atoms with Gasteiger partial charge in [0.15, 0.2) is 6.10 Å². The molecule has 0 aromatic heterocycles. The fraction of sp³-hybridized carbons (Fsp3) is 0.647. The van der Waals surface area contributed by atoms with Crippen molar-refractivity contribution < 1.29 is 63.1 Å². The van der Waals surface area contributed by atoms with E-state index in [9.17, 15) is 44.6 Å². The standard InChI is InChI=1S/C51H83O13P/c1-3-5-7-9-11-13-15-17-19-21-22-24-25-27-29-31-33-35-37-39-44(52)61-41-43(42-62-65(59,60)64-51-49(57)47(55)46(54)48(56)50(51)58)63-45(53)40-38-36-34-32-30-28-26-23-20-18-16-14-12-10-8-6-4-2/h8,10-11,13-14,16-17,19-20,22-24,27-30,43,46-51,54-58H,3-7,9,12,15,18,21,25-26,31-42H2,1-2H3,(H,59,60)/b10-8+,13-11+,16-14+,19-17+,23-20+,24-22+,29-27+,30-28+/t43-,46?,47-,48?,49?,50?,51?/m0/s1. The maximum Gasteiger partial charge on any atom is 0.472 e. The molecule has 1 saturated carbocycles. The Balaban J connectivity index is 2.50. The molecule has 0 amide bonds. The van der Waals surface area contributed by atoms with Gasteiger partial charge in [-0.15, -0.1) is 0 Å². The number of carbonyl (C=O) groups excluding carboxylic acids is 2. The fourth-order valence-corrected chi connectivity index (χ4v) is 7.47. The van der Waals surface area contributed by atoms with Gasteiger partial charge in [-0.05, 0) is 96.3 Å². The quantitative estimate of drug-likeness (QED) is 0.0148. The van der Waals surface area contributed by atoms with Crippen molar-refractivity contribution in [2.24, 2.45) is 0 Å². The number of allylic oxidation sites excluding steroid dienone is 16. The Hall–Kier alpha value is -3.23. The lowest BCUT2D eigenvalue weighted by atomic mass is 9.85. The van der Waals surface area contributed by atoms with E-state index in [1.54, 1.807) is 0 Å². The Kier molecular flexibility index (Phi) is 36.7. The number of phosphoric acid groups is 1. The van der Waals surface area contributed by atoms with E-state index in [-0.39, 0.29) is 12.8 Å². The van der Waals surface area contributed by atoms with Crippen molar-refractivity contribution in [2.45, 2.75) is 198 Å². The van der Waals surface area contributed by atoms with Crippen LogP contribution in [0.25, 0.3) is 0 Å².